The number of benzene rings is 2. The average molecular weight is 328 g/mol. The highest BCUT2D eigenvalue weighted by molar-refractivity contribution is 5.95. The summed E-state index contributed by atoms with van der Waals surface area (Å²) < 4.78 is 9.80. The second kappa shape index (κ2) is 8.57. The standard InChI is InChI=1S/C18H20N2O4/c1-23-14-9-7-13(8-10-14)20-17(21)11-12-19-16-6-4-3-5-15(16)18(22)24-2/h3-10,19H,11-12H2,1-2H3,(H,20,21). The van der Waals surface area contributed by atoms with E-state index in [1.165, 1.54) is 7.11 Å². The third-order valence-corrected chi connectivity index (χ3v) is 3.37. The van der Waals surface area contributed by atoms with Crippen LogP contribution in [0.2, 0.25) is 0 Å². The van der Waals surface area contributed by atoms with Crippen molar-refractivity contribution < 1.29 is 19.1 Å². The molecule has 24 heavy (non-hydrogen) atoms. The number of amides is 1. The van der Waals surface area contributed by atoms with Crippen LogP contribution >= 0.6 is 0 Å². The van der Waals surface area contributed by atoms with Crippen LogP contribution in [0.4, 0.5) is 11.4 Å². The van der Waals surface area contributed by atoms with Crippen LogP contribution in [0.1, 0.15) is 16.8 Å². The van der Waals surface area contributed by atoms with Crippen LogP contribution in [0.5, 0.6) is 5.75 Å². The van der Waals surface area contributed by atoms with Crippen LogP contribution in [0.3, 0.4) is 0 Å². The van der Waals surface area contributed by atoms with Crippen LogP contribution < -0.4 is 15.4 Å². The van der Waals surface area contributed by atoms with E-state index >= 15 is 0 Å². The zero-order chi connectivity index (χ0) is 17.4. The van der Waals surface area contributed by atoms with Crippen molar-refractivity contribution in [2.75, 3.05) is 31.4 Å². The van der Waals surface area contributed by atoms with Crippen molar-refractivity contribution in [3.8, 4) is 5.75 Å². The molecular weight excluding hydrogens is 308 g/mol. The fourth-order valence-electron chi connectivity index (χ4n) is 2.13. The molecular formula is C18H20N2O4. The van der Waals surface area contributed by atoms with Gasteiger partial charge in [0.2, 0.25) is 5.91 Å². The maximum absolute atomic E-state index is 12.0. The Labute approximate surface area is 140 Å². The van der Waals surface area contributed by atoms with Crippen molar-refractivity contribution in [3.05, 3.63) is 54.1 Å². The van der Waals surface area contributed by atoms with Crippen LogP contribution in [-0.2, 0) is 9.53 Å². The van der Waals surface area contributed by atoms with E-state index < -0.39 is 5.97 Å². The molecule has 0 aliphatic heterocycles. The molecule has 0 heterocycles. The van der Waals surface area contributed by atoms with Crippen molar-refractivity contribution in [2.24, 2.45) is 0 Å². The second-order valence-corrected chi connectivity index (χ2v) is 4.99. The minimum absolute atomic E-state index is 0.122. The minimum Gasteiger partial charge on any atom is -0.497 e. The molecule has 126 valence electrons. The summed E-state index contributed by atoms with van der Waals surface area (Å²) in [5, 5.41) is 5.88. The summed E-state index contributed by atoms with van der Waals surface area (Å²) in [6.45, 7) is 0.399. The SMILES string of the molecule is COC(=O)c1ccccc1NCCC(=O)Nc1ccc(OC)cc1. The lowest BCUT2D eigenvalue weighted by Crippen LogP contribution is -2.17. The maximum atomic E-state index is 12.0. The summed E-state index contributed by atoms with van der Waals surface area (Å²) in [7, 11) is 2.92. The first-order valence-corrected chi connectivity index (χ1v) is 7.49. The van der Waals surface area contributed by atoms with Crippen molar-refractivity contribution >= 4 is 23.3 Å². The Morgan fingerprint density at radius 2 is 1.71 bits per heavy atom. The van der Waals surface area contributed by atoms with Crippen molar-refractivity contribution in [2.45, 2.75) is 6.42 Å². The van der Waals surface area contributed by atoms with Gasteiger partial charge in [0.05, 0.1) is 19.8 Å². The Morgan fingerprint density at radius 1 is 1.00 bits per heavy atom. The summed E-state index contributed by atoms with van der Waals surface area (Å²) in [6.07, 6.45) is 0.265. The normalized spacial score (nSPS) is 9.92. The number of hydrogen-bond donors (Lipinski definition) is 2. The Hall–Kier alpha value is -3.02. The maximum Gasteiger partial charge on any atom is 0.339 e. The molecule has 0 bridgehead atoms. The zero-order valence-electron chi connectivity index (χ0n) is 13.7. The van der Waals surface area contributed by atoms with Gasteiger partial charge in [0, 0.05) is 24.3 Å². The number of nitrogens with one attached hydrogen (secondary N) is 2. The number of hydrogen-bond acceptors (Lipinski definition) is 5. The van der Waals surface area contributed by atoms with Crippen molar-refractivity contribution in [1.82, 2.24) is 0 Å². The molecule has 0 aliphatic carbocycles. The van der Waals surface area contributed by atoms with Gasteiger partial charge in [-0.05, 0) is 36.4 Å². The van der Waals surface area contributed by atoms with Gasteiger partial charge in [-0.3, -0.25) is 4.79 Å². The molecule has 2 N–H and O–H groups in total. The Kier molecular flexibility index (Phi) is 6.19. The van der Waals surface area contributed by atoms with Crippen molar-refractivity contribution in [1.29, 1.82) is 0 Å². The van der Waals surface area contributed by atoms with E-state index in [4.69, 9.17) is 9.47 Å². The molecule has 0 spiro atoms. The van der Waals surface area contributed by atoms with Gasteiger partial charge in [-0.1, -0.05) is 12.1 Å². The molecule has 0 aromatic heterocycles. The molecule has 0 aliphatic rings. The molecule has 2 rings (SSSR count). The van der Waals surface area contributed by atoms with Gasteiger partial charge in [0.15, 0.2) is 0 Å². The van der Waals surface area contributed by atoms with E-state index in [0.717, 1.165) is 5.75 Å². The summed E-state index contributed by atoms with van der Waals surface area (Å²) in [5.41, 5.74) is 1.79. The van der Waals surface area contributed by atoms with Gasteiger partial charge in [0.1, 0.15) is 5.75 Å². The molecule has 6 heteroatoms. The fourth-order valence-corrected chi connectivity index (χ4v) is 2.13. The van der Waals surface area contributed by atoms with Gasteiger partial charge in [-0.25, -0.2) is 4.79 Å². The van der Waals surface area contributed by atoms with Crippen LogP contribution in [0.25, 0.3) is 0 Å². The van der Waals surface area contributed by atoms with E-state index in [-0.39, 0.29) is 12.3 Å². The molecule has 0 atom stereocenters. The second-order valence-electron chi connectivity index (χ2n) is 4.99. The van der Waals surface area contributed by atoms with Crippen LogP contribution in [0.15, 0.2) is 48.5 Å². The Balaban J connectivity index is 1.85. The third kappa shape index (κ3) is 4.74. The van der Waals surface area contributed by atoms with Gasteiger partial charge in [0.25, 0.3) is 0 Å². The molecule has 2 aromatic rings. The lowest BCUT2D eigenvalue weighted by Gasteiger charge is -2.11. The number of rotatable bonds is 7. The highest BCUT2D eigenvalue weighted by Crippen LogP contribution is 2.17. The molecule has 0 radical (unpaired) electrons. The molecule has 0 saturated heterocycles. The van der Waals surface area contributed by atoms with Crippen LogP contribution in [-0.4, -0.2) is 32.6 Å². The summed E-state index contributed by atoms with van der Waals surface area (Å²) in [5.74, 6) is 0.193. The molecule has 2 aromatic carbocycles. The van der Waals surface area contributed by atoms with Gasteiger partial charge in [-0.15, -0.1) is 0 Å². The number of anilines is 2. The summed E-state index contributed by atoms with van der Waals surface area (Å²) in [6, 6.07) is 14.1. The van der Waals surface area contributed by atoms with E-state index in [1.54, 1.807) is 49.6 Å². The smallest absolute Gasteiger partial charge is 0.339 e. The first-order valence-electron chi connectivity index (χ1n) is 7.49. The van der Waals surface area contributed by atoms with Crippen molar-refractivity contribution in [3.63, 3.8) is 0 Å². The van der Waals surface area contributed by atoms with Crippen LogP contribution in [0, 0.1) is 0 Å². The Morgan fingerprint density at radius 3 is 2.38 bits per heavy atom. The average Bonchev–Trinajstić information content (AvgIpc) is 2.62. The number of para-hydroxylation sites is 1. The first-order chi connectivity index (χ1) is 11.6. The predicted molar refractivity (Wildman–Crippen MR) is 92.5 cm³/mol. The van der Waals surface area contributed by atoms with Gasteiger partial charge >= 0.3 is 5.97 Å². The molecule has 6 nitrogen and oxygen atoms in total. The summed E-state index contributed by atoms with van der Waals surface area (Å²) in [4.78, 5) is 23.6. The highest BCUT2D eigenvalue weighted by Gasteiger charge is 2.11. The highest BCUT2D eigenvalue weighted by atomic mass is 16.5. The fraction of sp³-hybridized carbons (Fsp3) is 0.222. The number of carbonyl (C=O) groups excluding carboxylic acids is 2. The lowest BCUT2D eigenvalue weighted by atomic mass is 10.2. The molecule has 0 unspecified atom stereocenters. The molecule has 0 saturated carbocycles. The van der Waals surface area contributed by atoms with E-state index in [2.05, 4.69) is 10.6 Å². The third-order valence-electron chi connectivity index (χ3n) is 3.37. The zero-order valence-corrected chi connectivity index (χ0v) is 13.7. The first kappa shape index (κ1) is 17.3. The number of carbonyl (C=O) groups is 2. The quantitative estimate of drug-likeness (QED) is 0.764. The van der Waals surface area contributed by atoms with Gasteiger partial charge < -0.3 is 20.1 Å². The van der Waals surface area contributed by atoms with Gasteiger partial charge in [-0.2, -0.15) is 0 Å². The number of esters is 1. The number of methoxy groups -OCH3 is 2. The van der Waals surface area contributed by atoms with E-state index in [9.17, 15) is 9.59 Å². The minimum atomic E-state index is -0.416. The lowest BCUT2D eigenvalue weighted by molar-refractivity contribution is -0.115. The largest absolute Gasteiger partial charge is 0.497 e. The van der Waals surface area contributed by atoms with E-state index in [0.29, 0.717) is 23.5 Å². The predicted octanol–water partition coefficient (Wildman–Crippen LogP) is 2.92. The Bertz CT molecular complexity index is 698. The topological polar surface area (TPSA) is 76.7 Å². The molecule has 1 amide bonds. The number of ether oxygens (including phenoxy) is 2. The molecule has 0 fully saturated rings. The summed E-state index contributed by atoms with van der Waals surface area (Å²) >= 11 is 0. The monoisotopic (exact) mass is 328 g/mol. The van der Waals surface area contributed by atoms with E-state index in [1.807, 2.05) is 6.07 Å².